The molecule has 5 nitrogen and oxygen atoms in total. The first-order valence-electron chi connectivity index (χ1n) is 11.8. The molecule has 4 aromatic rings. The largest absolute Gasteiger partial charge is 0.451 e. The van der Waals surface area contributed by atoms with Crippen molar-refractivity contribution in [3.05, 3.63) is 94.1 Å². The maximum atomic E-state index is 14.5. The van der Waals surface area contributed by atoms with E-state index in [1.807, 2.05) is 52.7 Å². The predicted octanol–water partition coefficient (Wildman–Crippen LogP) is 5.87. The summed E-state index contributed by atoms with van der Waals surface area (Å²) in [4.78, 5) is 30.5. The summed E-state index contributed by atoms with van der Waals surface area (Å²) >= 11 is 1.41. The van der Waals surface area contributed by atoms with E-state index >= 15 is 0 Å². The van der Waals surface area contributed by atoms with Crippen LogP contribution in [0.2, 0.25) is 0 Å². The highest BCUT2D eigenvalue weighted by Gasteiger charge is 2.34. The normalized spacial score (nSPS) is 15.3. The van der Waals surface area contributed by atoms with Crippen molar-refractivity contribution in [2.75, 3.05) is 20.1 Å². The number of carbonyl (C=O) groups excluding carboxylic acids is 2. The van der Waals surface area contributed by atoms with Gasteiger partial charge in [0.25, 0.3) is 11.8 Å². The van der Waals surface area contributed by atoms with Gasteiger partial charge in [0.1, 0.15) is 11.4 Å². The Hall–Kier alpha value is -3.45. The number of amides is 2. The summed E-state index contributed by atoms with van der Waals surface area (Å²) < 4.78 is 20.3. The van der Waals surface area contributed by atoms with Crippen LogP contribution < -0.4 is 0 Å². The van der Waals surface area contributed by atoms with Gasteiger partial charge in [-0.25, -0.2) is 4.39 Å². The average Bonchev–Trinajstić information content (AvgIpc) is 3.57. The van der Waals surface area contributed by atoms with E-state index in [-0.39, 0.29) is 29.6 Å². The lowest BCUT2D eigenvalue weighted by atomic mass is 9.84. The third kappa shape index (κ3) is 4.86. The first-order valence-corrected chi connectivity index (χ1v) is 12.7. The van der Waals surface area contributed by atoms with Gasteiger partial charge in [0.15, 0.2) is 5.76 Å². The highest BCUT2D eigenvalue weighted by molar-refractivity contribution is 7.12. The fourth-order valence-electron chi connectivity index (χ4n) is 4.96. The Morgan fingerprint density at radius 3 is 2.54 bits per heavy atom. The Balaban J connectivity index is 1.32. The smallest absolute Gasteiger partial charge is 0.289 e. The number of furan rings is 1. The molecular weight excluding hydrogens is 463 g/mol. The second kappa shape index (κ2) is 10.0. The number of benzene rings is 2. The zero-order valence-corrected chi connectivity index (χ0v) is 20.3. The van der Waals surface area contributed by atoms with E-state index in [0.717, 1.165) is 18.2 Å². The van der Waals surface area contributed by atoms with Crippen LogP contribution >= 0.6 is 11.3 Å². The number of halogens is 1. The summed E-state index contributed by atoms with van der Waals surface area (Å²) in [5.74, 6) is 0.0585. The molecule has 1 fully saturated rings. The van der Waals surface area contributed by atoms with Crippen molar-refractivity contribution in [3.63, 3.8) is 0 Å². The molecular formula is C28H27FN2O3S. The van der Waals surface area contributed by atoms with Crippen LogP contribution in [-0.4, -0.2) is 47.8 Å². The Kier molecular flexibility index (Phi) is 6.68. The molecule has 0 saturated carbocycles. The van der Waals surface area contributed by atoms with Gasteiger partial charge in [-0.1, -0.05) is 42.5 Å². The number of fused-ring (bicyclic) bond motifs is 1. The van der Waals surface area contributed by atoms with Gasteiger partial charge < -0.3 is 14.2 Å². The quantitative estimate of drug-likeness (QED) is 0.340. The average molecular weight is 491 g/mol. The van der Waals surface area contributed by atoms with E-state index in [2.05, 4.69) is 0 Å². The van der Waals surface area contributed by atoms with E-state index in [4.69, 9.17) is 4.42 Å². The summed E-state index contributed by atoms with van der Waals surface area (Å²) in [6, 6.07) is 19.6. The van der Waals surface area contributed by atoms with E-state index < -0.39 is 0 Å². The zero-order chi connectivity index (χ0) is 24.4. The number of likely N-dealkylation sites (tertiary alicyclic amines) is 1. The van der Waals surface area contributed by atoms with Crippen LogP contribution in [0.4, 0.5) is 4.39 Å². The van der Waals surface area contributed by atoms with Crippen molar-refractivity contribution >= 4 is 34.1 Å². The molecule has 0 aliphatic carbocycles. The highest BCUT2D eigenvalue weighted by Crippen LogP contribution is 2.30. The molecule has 0 N–H and O–H groups in total. The lowest BCUT2D eigenvalue weighted by Gasteiger charge is -2.40. The van der Waals surface area contributed by atoms with Crippen LogP contribution in [0.1, 0.15) is 38.6 Å². The number of para-hydroxylation sites is 1. The lowest BCUT2D eigenvalue weighted by Crippen LogP contribution is -2.48. The Morgan fingerprint density at radius 2 is 1.83 bits per heavy atom. The molecule has 1 atom stereocenters. The Labute approximate surface area is 207 Å². The van der Waals surface area contributed by atoms with Gasteiger partial charge >= 0.3 is 0 Å². The molecule has 2 amide bonds. The monoisotopic (exact) mass is 490 g/mol. The number of nitrogens with zero attached hydrogens (tertiary/aromatic N) is 2. The van der Waals surface area contributed by atoms with Crippen molar-refractivity contribution in [2.45, 2.75) is 25.3 Å². The van der Waals surface area contributed by atoms with Gasteiger partial charge in [-0.3, -0.25) is 9.59 Å². The third-order valence-electron chi connectivity index (χ3n) is 6.94. The molecule has 5 rings (SSSR count). The molecule has 3 heterocycles. The standard InChI is InChI=1S/C28H27FN2O3S/c1-30(28(33)26-11-6-16-35-26)23(17-20-7-2-4-9-22(20)29)19-12-14-31(15-13-19)27(32)25-18-21-8-3-5-10-24(21)34-25/h2-11,16,18-19,23H,12-15,17H2,1H3. The number of hydrogen-bond donors (Lipinski definition) is 0. The second-order valence-corrected chi connectivity index (χ2v) is 9.98. The molecule has 0 bridgehead atoms. The first kappa shape index (κ1) is 23.3. The number of rotatable bonds is 6. The summed E-state index contributed by atoms with van der Waals surface area (Å²) in [5.41, 5.74) is 1.30. The second-order valence-electron chi connectivity index (χ2n) is 9.03. The molecule has 2 aromatic carbocycles. The van der Waals surface area contributed by atoms with Gasteiger partial charge in [0, 0.05) is 31.6 Å². The molecule has 1 aliphatic rings. The SMILES string of the molecule is CN(C(=O)c1cccs1)C(Cc1ccccc1F)C1CCN(C(=O)c2cc3ccccc3o2)CC1. The van der Waals surface area contributed by atoms with Crippen molar-refractivity contribution in [1.29, 1.82) is 0 Å². The van der Waals surface area contributed by atoms with Crippen molar-refractivity contribution < 1.29 is 18.4 Å². The summed E-state index contributed by atoms with van der Waals surface area (Å²) in [5, 5.41) is 2.79. The van der Waals surface area contributed by atoms with E-state index in [1.165, 1.54) is 17.4 Å². The Bertz CT molecular complexity index is 1290. The van der Waals surface area contributed by atoms with Crippen molar-refractivity contribution in [1.82, 2.24) is 9.80 Å². The molecule has 1 aliphatic heterocycles. The van der Waals surface area contributed by atoms with Crippen LogP contribution in [0.15, 0.2) is 76.5 Å². The number of carbonyl (C=O) groups is 2. The fraction of sp³-hybridized carbons (Fsp3) is 0.286. The van der Waals surface area contributed by atoms with Gasteiger partial charge in [-0.05, 0) is 60.4 Å². The van der Waals surface area contributed by atoms with Gasteiger partial charge in [0.05, 0.1) is 4.88 Å². The molecule has 7 heteroatoms. The van der Waals surface area contributed by atoms with E-state index in [9.17, 15) is 14.0 Å². The third-order valence-corrected chi connectivity index (χ3v) is 7.80. The van der Waals surface area contributed by atoms with Crippen LogP contribution in [0.3, 0.4) is 0 Å². The number of piperidine rings is 1. The lowest BCUT2D eigenvalue weighted by molar-refractivity contribution is 0.0510. The van der Waals surface area contributed by atoms with Crippen LogP contribution in [0.5, 0.6) is 0 Å². The molecule has 1 unspecified atom stereocenters. The molecule has 180 valence electrons. The summed E-state index contributed by atoms with van der Waals surface area (Å²) in [6.07, 6.45) is 1.89. The number of thiophene rings is 1. The first-order chi connectivity index (χ1) is 17.0. The summed E-state index contributed by atoms with van der Waals surface area (Å²) in [6.45, 7) is 1.13. The Morgan fingerprint density at radius 1 is 1.09 bits per heavy atom. The van der Waals surface area contributed by atoms with Crippen LogP contribution in [0.25, 0.3) is 11.0 Å². The van der Waals surface area contributed by atoms with Crippen LogP contribution in [0, 0.1) is 11.7 Å². The van der Waals surface area contributed by atoms with Gasteiger partial charge in [-0.2, -0.15) is 0 Å². The number of likely N-dealkylation sites (N-methyl/N-ethyl adjacent to an activating group) is 1. The van der Waals surface area contributed by atoms with E-state index in [1.54, 1.807) is 30.1 Å². The number of hydrogen-bond acceptors (Lipinski definition) is 4. The molecule has 2 aromatic heterocycles. The minimum Gasteiger partial charge on any atom is -0.451 e. The summed E-state index contributed by atoms with van der Waals surface area (Å²) in [7, 11) is 1.81. The predicted molar refractivity (Wildman–Crippen MR) is 135 cm³/mol. The zero-order valence-electron chi connectivity index (χ0n) is 19.5. The van der Waals surface area contributed by atoms with Gasteiger partial charge in [-0.15, -0.1) is 11.3 Å². The van der Waals surface area contributed by atoms with Crippen molar-refractivity contribution in [2.24, 2.45) is 5.92 Å². The van der Waals surface area contributed by atoms with Crippen LogP contribution in [-0.2, 0) is 6.42 Å². The maximum absolute atomic E-state index is 14.5. The molecule has 0 spiro atoms. The molecule has 0 radical (unpaired) electrons. The minimum atomic E-state index is -0.257. The van der Waals surface area contributed by atoms with Crippen molar-refractivity contribution in [3.8, 4) is 0 Å². The highest BCUT2D eigenvalue weighted by atomic mass is 32.1. The minimum absolute atomic E-state index is 0.0536. The maximum Gasteiger partial charge on any atom is 0.289 e. The molecule has 35 heavy (non-hydrogen) atoms. The van der Waals surface area contributed by atoms with Gasteiger partial charge in [0.2, 0.25) is 0 Å². The topological polar surface area (TPSA) is 53.8 Å². The van der Waals surface area contributed by atoms with E-state index in [0.29, 0.717) is 41.3 Å². The fourth-order valence-corrected chi connectivity index (χ4v) is 5.67. The molecule has 1 saturated heterocycles.